The van der Waals surface area contributed by atoms with E-state index in [-0.39, 0.29) is 23.6 Å². The van der Waals surface area contributed by atoms with Gasteiger partial charge in [-0.3, -0.25) is 19.2 Å². The lowest BCUT2D eigenvalue weighted by Crippen LogP contribution is -2.53. The molecule has 0 radical (unpaired) electrons. The van der Waals surface area contributed by atoms with Crippen molar-refractivity contribution in [1.82, 2.24) is 19.6 Å². The first-order valence-corrected chi connectivity index (χ1v) is 14.0. The SMILES string of the molecule is O=C(c1ccc(-c2cccc(C(=O)N3CCN(C(=O)C4(O)CC4)CC3)c2)cc1)N1CCN(C(=O)C2(O)CC2)CC1. The highest BCUT2D eigenvalue weighted by atomic mass is 16.3. The van der Waals surface area contributed by atoms with Gasteiger partial charge in [-0.15, -0.1) is 0 Å². The summed E-state index contributed by atoms with van der Waals surface area (Å²) in [5, 5.41) is 20.2. The zero-order valence-corrected chi connectivity index (χ0v) is 22.4. The van der Waals surface area contributed by atoms with Crippen LogP contribution in [0.4, 0.5) is 0 Å². The Morgan fingerprint density at radius 1 is 0.525 bits per heavy atom. The lowest BCUT2D eigenvalue weighted by atomic mass is 10.0. The highest BCUT2D eigenvalue weighted by Gasteiger charge is 2.51. The van der Waals surface area contributed by atoms with Crippen molar-refractivity contribution in [3.63, 3.8) is 0 Å². The predicted molar refractivity (Wildman–Crippen MR) is 145 cm³/mol. The Labute approximate surface area is 232 Å². The fraction of sp³-hybridized carbons (Fsp3) is 0.467. The number of rotatable bonds is 5. The van der Waals surface area contributed by atoms with Crippen LogP contribution in [0.3, 0.4) is 0 Å². The molecular formula is C30H34N4O6. The molecule has 4 aliphatic rings. The molecule has 10 nitrogen and oxygen atoms in total. The van der Waals surface area contributed by atoms with Crippen LogP contribution in [0.1, 0.15) is 46.4 Å². The first-order chi connectivity index (χ1) is 19.2. The molecule has 0 bridgehead atoms. The molecule has 0 unspecified atom stereocenters. The number of aliphatic hydroxyl groups is 2. The molecule has 0 aromatic heterocycles. The van der Waals surface area contributed by atoms with Gasteiger partial charge in [0.2, 0.25) is 0 Å². The van der Waals surface area contributed by atoms with E-state index in [0.717, 1.165) is 11.1 Å². The number of piperazine rings is 2. The second kappa shape index (κ2) is 10.0. The van der Waals surface area contributed by atoms with Crippen LogP contribution in [-0.4, -0.2) is 117 Å². The van der Waals surface area contributed by atoms with Crippen LogP contribution in [0.2, 0.25) is 0 Å². The molecule has 4 fully saturated rings. The topological polar surface area (TPSA) is 122 Å². The maximum atomic E-state index is 13.2. The zero-order chi connectivity index (χ0) is 28.1. The minimum atomic E-state index is -1.18. The van der Waals surface area contributed by atoms with Gasteiger partial charge < -0.3 is 29.8 Å². The van der Waals surface area contributed by atoms with Crippen molar-refractivity contribution < 1.29 is 29.4 Å². The van der Waals surface area contributed by atoms with Gasteiger partial charge in [0.15, 0.2) is 0 Å². The van der Waals surface area contributed by atoms with E-state index in [4.69, 9.17) is 0 Å². The Kier molecular flexibility index (Phi) is 6.62. The number of carbonyl (C=O) groups is 4. The van der Waals surface area contributed by atoms with E-state index in [1.54, 1.807) is 37.8 Å². The van der Waals surface area contributed by atoms with Gasteiger partial charge in [-0.1, -0.05) is 24.3 Å². The Bertz CT molecular complexity index is 1330. The molecule has 2 heterocycles. The van der Waals surface area contributed by atoms with Gasteiger partial charge in [-0.2, -0.15) is 0 Å². The van der Waals surface area contributed by atoms with Gasteiger partial charge in [-0.25, -0.2) is 0 Å². The summed E-state index contributed by atoms with van der Waals surface area (Å²) in [6.07, 6.45) is 2.05. The summed E-state index contributed by atoms with van der Waals surface area (Å²) < 4.78 is 0. The van der Waals surface area contributed by atoms with Gasteiger partial charge in [-0.05, 0) is 61.1 Å². The highest BCUT2D eigenvalue weighted by molar-refractivity contribution is 5.97. The van der Waals surface area contributed by atoms with E-state index in [1.165, 1.54) is 0 Å². The Balaban J connectivity index is 1.05. The molecule has 210 valence electrons. The van der Waals surface area contributed by atoms with Crippen LogP contribution in [0.5, 0.6) is 0 Å². The minimum absolute atomic E-state index is 0.0980. The molecule has 0 spiro atoms. The van der Waals surface area contributed by atoms with Crippen molar-refractivity contribution in [2.75, 3.05) is 52.4 Å². The summed E-state index contributed by atoms with van der Waals surface area (Å²) in [7, 11) is 0. The standard InChI is InChI=1S/C30H34N4O6/c35-25(31-12-16-33(17-13-31)27(37)29(39)8-9-29)22-6-4-21(5-7-22)23-2-1-3-24(20-23)26(36)32-14-18-34(19-15-32)28(38)30(40)10-11-30/h1-7,20,39-40H,8-19H2. The molecule has 40 heavy (non-hydrogen) atoms. The van der Waals surface area contributed by atoms with E-state index in [0.29, 0.717) is 89.2 Å². The molecular weight excluding hydrogens is 512 g/mol. The summed E-state index contributed by atoms with van der Waals surface area (Å²) in [4.78, 5) is 57.8. The van der Waals surface area contributed by atoms with E-state index in [9.17, 15) is 29.4 Å². The number of benzene rings is 2. The van der Waals surface area contributed by atoms with Crippen LogP contribution in [0, 0.1) is 0 Å². The molecule has 2 saturated carbocycles. The first-order valence-electron chi connectivity index (χ1n) is 14.0. The van der Waals surface area contributed by atoms with E-state index < -0.39 is 11.2 Å². The monoisotopic (exact) mass is 546 g/mol. The van der Waals surface area contributed by atoms with E-state index in [2.05, 4.69) is 0 Å². The van der Waals surface area contributed by atoms with Gasteiger partial charge in [0.1, 0.15) is 11.2 Å². The molecule has 2 aliphatic heterocycles. The summed E-state index contributed by atoms with van der Waals surface area (Å²) >= 11 is 0. The maximum Gasteiger partial charge on any atom is 0.254 e. The Morgan fingerprint density at radius 2 is 0.950 bits per heavy atom. The zero-order valence-electron chi connectivity index (χ0n) is 22.4. The van der Waals surface area contributed by atoms with Crippen molar-refractivity contribution in [2.24, 2.45) is 0 Å². The van der Waals surface area contributed by atoms with Crippen molar-refractivity contribution in [3.8, 4) is 11.1 Å². The third-order valence-corrected chi connectivity index (χ3v) is 8.53. The quantitative estimate of drug-likeness (QED) is 0.577. The number of hydrogen-bond acceptors (Lipinski definition) is 6. The van der Waals surface area contributed by atoms with Crippen molar-refractivity contribution in [3.05, 3.63) is 59.7 Å². The summed E-state index contributed by atoms with van der Waals surface area (Å²) in [5.41, 5.74) is 0.489. The molecule has 2 N–H and O–H groups in total. The average Bonchev–Trinajstić information content (AvgIpc) is 3.94. The Morgan fingerprint density at radius 3 is 1.40 bits per heavy atom. The molecule has 2 aromatic rings. The third kappa shape index (κ3) is 5.09. The first kappa shape index (κ1) is 26.5. The van der Waals surface area contributed by atoms with Crippen LogP contribution < -0.4 is 0 Å². The number of amides is 4. The van der Waals surface area contributed by atoms with Crippen LogP contribution in [0.25, 0.3) is 11.1 Å². The molecule has 0 atom stereocenters. The molecule has 2 saturated heterocycles. The summed E-state index contributed by atoms with van der Waals surface area (Å²) in [5.74, 6) is -0.652. The average molecular weight is 547 g/mol. The summed E-state index contributed by atoms with van der Waals surface area (Å²) in [6, 6.07) is 14.7. The molecule has 2 aromatic carbocycles. The lowest BCUT2D eigenvalue weighted by molar-refractivity contribution is -0.144. The van der Waals surface area contributed by atoms with Crippen molar-refractivity contribution in [2.45, 2.75) is 36.9 Å². The largest absolute Gasteiger partial charge is 0.380 e. The van der Waals surface area contributed by atoms with Crippen LogP contribution in [0.15, 0.2) is 48.5 Å². The molecule has 4 amide bonds. The third-order valence-electron chi connectivity index (χ3n) is 8.53. The smallest absolute Gasteiger partial charge is 0.254 e. The fourth-order valence-electron chi connectivity index (χ4n) is 5.48. The highest BCUT2D eigenvalue weighted by Crippen LogP contribution is 2.38. The van der Waals surface area contributed by atoms with E-state index in [1.807, 2.05) is 30.3 Å². The lowest BCUT2D eigenvalue weighted by Gasteiger charge is -2.36. The molecule has 6 rings (SSSR count). The van der Waals surface area contributed by atoms with Crippen molar-refractivity contribution in [1.29, 1.82) is 0 Å². The van der Waals surface area contributed by atoms with Gasteiger partial charge in [0.25, 0.3) is 23.6 Å². The number of carbonyl (C=O) groups excluding carboxylic acids is 4. The number of hydrogen-bond donors (Lipinski definition) is 2. The minimum Gasteiger partial charge on any atom is -0.380 e. The van der Waals surface area contributed by atoms with Crippen LogP contribution >= 0.6 is 0 Å². The molecule has 2 aliphatic carbocycles. The van der Waals surface area contributed by atoms with Crippen molar-refractivity contribution >= 4 is 23.6 Å². The van der Waals surface area contributed by atoms with Gasteiger partial charge >= 0.3 is 0 Å². The van der Waals surface area contributed by atoms with Gasteiger partial charge in [0, 0.05) is 63.5 Å². The second-order valence-electron chi connectivity index (χ2n) is 11.4. The summed E-state index contributed by atoms with van der Waals surface area (Å²) in [6.45, 7) is 3.35. The Hall–Kier alpha value is -3.76. The fourth-order valence-corrected chi connectivity index (χ4v) is 5.48. The second-order valence-corrected chi connectivity index (χ2v) is 11.4. The van der Waals surface area contributed by atoms with Gasteiger partial charge in [0.05, 0.1) is 0 Å². The number of nitrogens with zero attached hydrogens (tertiary/aromatic N) is 4. The predicted octanol–water partition coefficient (Wildman–Crippen LogP) is 0.972. The van der Waals surface area contributed by atoms with E-state index >= 15 is 0 Å². The normalized spacial score (nSPS) is 21.1. The maximum absolute atomic E-state index is 13.2. The molecule has 10 heteroatoms. The van der Waals surface area contributed by atoms with Crippen LogP contribution in [-0.2, 0) is 9.59 Å².